The monoisotopic (exact) mass is 213 g/mol. The van der Waals surface area contributed by atoms with Crippen LogP contribution < -0.4 is 5.32 Å². The van der Waals surface area contributed by atoms with Crippen LogP contribution in [0.1, 0.15) is 37.7 Å². The summed E-state index contributed by atoms with van der Waals surface area (Å²) in [5.74, 6) is 0.999. The molecule has 0 spiro atoms. The molecule has 2 atom stereocenters. The molecule has 2 saturated carbocycles. The molecule has 2 heterocycles. The number of hydrogen-bond acceptors (Lipinski definition) is 1. The van der Waals surface area contributed by atoms with Crippen LogP contribution in [-0.2, 0) is 5.41 Å². The van der Waals surface area contributed by atoms with Crippen molar-refractivity contribution in [2.75, 3.05) is 0 Å². The quantitative estimate of drug-likeness (QED) is 0.756. The maximum Gasteiger partial charge on any atom is 0.00808 e. The molecule has 1 nitrogen and oxygen atoms in total. The molecule has 1 N–H and O–H groups in total. The van der Waals surface area contributed by atoms with Crippen LogP contribution in [0.2, 0.25) is 0 Å². The van der Waals surface area contributed by atoms with Gasteiger partial charge in [-0.05, 0) is 49.0 Å². The SMILES string of the molecule is c1ccc(C23CC4CC(C2)NC(C4)C3)cc1. The number of hydrogen-bond donors (Lipinski definition) is 1. The average molecular weight is 213 g/mol. The molecular formula is C15H19N. The van der Waals surface area contributed by atoms with Crippen LogP contribution in [0, 0.1) is 5.92 Å². The summed E-state index contributed by atoms with van der Waals surface area (Å²) in [5.41, 5.74) is 2.14. The molecular weight excluding hydrogens is 194 g/mol. The Kier molecular flexibility index (Phi) is 1.79. The fourth-order valence-electron chi connectivity index (χ4n) is 4.71. The Labute approximate surface area is 97.2 Å². The molecule has 2 aliphatic carbocycles. The second-order valence-corrected chi connectivity index (χ2v) is 6.16. The fourth-order valence-corrected chi connectivity index (χ4v) is 4.71. The van der Waals surface area contributed by atoms with Gasteiger partial charge >= 0.3 is 0 Å². The maximum atomic E-state index is 3.81. The summed E-state index contributed by atoms with van der Waals surface area (Å²) in [6, 6.07) is 12.9. The highest BCUT2D eigenvalue weighted by Gasteiger charge is 2.51. The molecule has 2 saturated heterocycles. The van der Waals surface area contributed by atoms with Gasteiger partial charge in [0.15, 0.2) is 0 Å². The molecule has 84 valence electrons. The van der Waals surface area contributed by atoms with Crippen LogP contribution in [0.25, 0.3) is 0 Å². The third-order valence-electron chi connectivity index (χ3n) is 5.05. The second kappa shape index (κ2) is 3.10. The average Bonchev–Trinajstić information content (AvgIpc) is 2.28. The van der Waals surface area contributed by atoms with Crippen molar-refractivity contribution in [3.05, 3.63) is 35.9 Å². The third-order valence-corrected chi connectivity index (χ3v) is 5.05. The highest BCUT2D eigenvalue weighted by atomic mass is 15.0. The molecule has 16 heavy (non-hydrogen) atoms. The first-order valence-electron chi connectivity index (χ1n) is 6.66. The van der Waals surface area contributed by atoms with Crippen molar-refractivity contribution in [1.82, 2.24) is 5.32 Å². The van der Waals surface area contributed by atoms with Crippen molar-refractivity contribution in [3.63, 3.8) is 0 Å². The van der Waals surface area contributed by atoms with Gasteiger partial charge in [-0.3, -0.25) is 0 Å². The molecule has 2 aliphatic heterocycles. The largest absolute Gasteiger partial charge is 0.311 e. The minimum Gasteiger partial charge on any atom is -0.311 e. The highest BCUT2D eigenvalue weighted by molar-refractivity contribution is 5.30. The molecule has 4 aliphatic rings. The van der Waals surface area contributed by atoms with E-state index in [-0.39, 0.29) is 0 Å². The normalized spacial score (nSPS) is 44.9. The molecule has 0 radical (unpaired) electrons. The van der Waals surface area contributed by atoms with E-state index in [1.807, 2.05) is 0 Å². The van der Waals surface area contributed by atoms with Crippen molar-refractivity contribution in [2.45, 2.75) is 49.6 Å². The topological polar surface area (TPSA) is 12.0 Å². The Bertz CT molecular complexity index is 360. The van der Waals surface area contributed by atoms with Gasteiger partial charge in [0.1, 0.15) is 0 Å². The lowest BCUT2D eigenvalue weighted by Crippen LogP contribution is -2.61. The minimum atomic E-state index is 0.531. The third kappa shape index (κ3) is 1.21. The van der Waals surface area contributed by atoms with Crippen molar-refractivity contribution >= 4 is 0 Å². The summed E-state index contributed by atoms with van der Waals surface area (Å²) in [7, 11) is 0. The van der Waals surface area contributed by atoms with Crippen molar-refractivity contribution in [2.24, 2.45) is 5.92 Å². The Hall–Kier alpha value is -0.820. The maximum absolute atomic E-state index is 3.81. The standard InChI is InChI=1S/C15H19N/c1-2-4-12(5-3-1)15-8-11-6-13(9-15)16-14(7-11)10-15/h1-5,11,13-14,16H,6-10H2. The van der Waals surface area contributed by atoms with Gasteiger partial charge in [-0.1, -0.05) is 30.3 Å². The minimum absolute atomic E-state index is 0.531. The van der Waals surface area contributed by atoms with Gasteiger partial charge in [-0.25, -0.2) is 0 Å². The lowest BCUT2D eigenvalue weighted by Gasteiger charge is -2.57. The molecule has 4 bridgehead atoms. The van der Waals surface area contributed by atoms with E-state index < -0.39 is 0 Å². The summed E-state index contributed by atoms with van der Waals surface area (Å²) in [6.45, 7) is 0. The van der Waals surface area contributed by atoms with Crippen LogP contribution in [0.15, 0.2) is 30.3 Å². The van der Waals surface area contributed by atoms with Gasteiger partial charge in [-0.15, -0.1) is 0 Å². The van der Waals surface area contributed by atoms with E-state index >= 15 is 0 Å². The van der Waals surface area contributed by atoms with Crippen LogP contribution in [0.3, 0.4) is 0 Å². The Morgan fingerprint density at radius 3 is 2.25 bits per heavy atom. The van der Waals surface area contributed by atoms with Crippen molar-refractivity contribution in [1.29, 1.82) is 0 Å². The second-order valence-electron chi connectivity index (χ2n) is 6.16. The smallest absolute Gasteiger partial charge is 0.00808 e. The lowest BCUT2D eigenvalue weighted by molar-refractivity contribution is 0.0332. The first-order chi connectivity index (χ1) is 7.84. The van der Waals surface area contributed by atoms with E-state index in [0.717, 1.165) is 18.0 Å². The summed E-state index contributed by atoms with van der Waals surface area (Å²) in [6.07, 6.45) is 7.08. The fraction of sp³-hybridized carbons (Fsp3) is 0.600. The van der Waals surface area contributed by atoms with Crippen molar-refractivity contribution < 1.29 is 0 Å². The predicted molar refractivity (Wildman–Crippen MR) is 65.4 cm³/mol. The van der Waals surface area contributed by atoms with Crippen LogP contribution in [0.4, 0.5) is 0 Å². The molecule has 1 aromatic rings. The zero-order valence-corrected chi connectivity index (χ0v) is 9.65. The van der Waals surface area contributed by atoms with Gasteiger partial charge < -0.3 is 5.32 Å². The van der Waals surface area contributed by atoms with E-state index in [4.69, 9.17) is 0 Å². The van der Waals surface area contributed by atoms with Crippen LogP contribution >= 0.6 is 0 Å². The van der Waals surface area contributed by atoms with Crippen molar-refractivity contribution in [3.8, 4) is 0 Å². The van der Waals surface area contributed by atoms with E-state index in [9.17, 15) is 0 Å². The van der Waals surface area contributed by atoms with E-state index in [1.165, 1.54) is 32.1 Å². The zero-order chi connectivity index (χ0) is 10.6. The van der Waals surface area contributed by atoms with Gasteiger partial charge in [-0.2, -0.15) is 0 Å². The molecule has 0 amide bonds. The van der Waals surface area contributed by atoms with Gasteiger partial charge in [0.2, 0.25) is 0 Å². The van der Waals surface area contributed by atoms with Gasteiger partial charge in [0.25, 0.3) is 0 Å². The van der Waals surface area contributed by atoms with E-state index in [2.05, 4.69) is 35.6 Å². The van der Waals surface area contributed by atoms with Crippen LogP contribution in [0.5, 0.6) is 0 Å². The summed E-state index contributed by atoms with van der Waals surface area (Å²) < 4.78 is 0. The van der Waals surface area contributed by atoms with E-state index in [0.29, 0.717) is 5.41 Å². The number of piperidine rings is 2. The molecule has 1 aromatic carbocycles. The van der Waals surface area contributed by atoms with Gasteiger partial charge in [0, 0.05) is 12.1 Å². The molecule has 0 aromatic heterocycles. The highest BCUT2D eigenvalue weighted by Crippen LogP contribution is 2.53. The zero-order valence-electron chi connectivity index (χ0n) is 9.65. The Morgan fingerprint density at radius 2 is 1.62 bits per heavy atom. The molecule has 4 fully saturated rings. The summed E-state index contributed by atoms with van der Waals surface area (Å²) in [5, 5.41) is 3.81. The summed E-state index contributed by atoms with van der Waals surface area (Å²) in [4.78, 5) is 0. The van der Waals surface area contributed by atoms with Crippen LogP contribution in [-0.4, -0.2) is 12.1 Å². The Morgan fingerprint density at radius 1 is 0.938 bits per heavy atom. The number of benzene rings is 1. The van der Waals surface area contributed by atoms with Gasteiger partial charge in [0.05, 0.1) is 0 Å². The molecule has 2 unspecified atom stereocenters. The predicted octanol–water partition coefficient (Wildman–Crippen LogP) is 2.86. The first kappa shape index (κ1) is 9.23. The molecule has 5 rings (SSSR count). The number of rotatable bonds is 1. The first-order valence-corrected chi connectivity index (χ1v) is 6.66. The summed E-state index contributed by atoms with van der Waals surface area (Å²) >= 11 is 0. The Balaban J connectivity index is 1.77. The lowest BCUT2D eigenvalue weighted by atomic mass is 9.54. The van der Waals surface area contributed by atoms with E-state index in [1.54, 1.807) is 5.56 Å². The molecule has 1 heteroatoms. The number of nitrogens with one attached hydrogen (secondary N) is 1.